The van der Waals surface area contributed by atoms with E-state index in [1.807, 2.05) is 12.1 Å². The molecule has 0 unspecified atom stereocenters. The van der Waals surface area contributed by atoms with Crippen molar-refractivity contribution in [2.24, 2.45) is 5.73 Å². The smallest absolute Gasteiger partial charge is 0.189 e. The second kappa shape index (κ2) is 3.54. The lowest BCUT2D eigenvalue weighted by Crippen LogP contribution is -2.12. The van der Waals surface area contributed by atoms with Gasteiger partial charge in [0.2, 0.25) is 0 Å². The first-order chi connectivity index (χ1) is 6.31. The highest BCUT2D eigenvalue weighted by Gasteiger charge is 2.12. The fourth-order valence-electron chi connectivity index (χ4n) is 1.30. The van der Waals surface area contributed by atoms with E-state index in [0.717, 1.165) is 16.9 Å². The molecule has 2 N–H and O–H groups in total. The van der Waals surface area contributed by atoms with Gasteiger partial charge in [0.15, 0.2) is 6.79 Å². The molecule has 0 aromatic heterocycles. The number of ether oxygens (including phenoxy) is 2. The summed E-state index contributed by atoms with van der Waals surface area (Å²) in [5.74, 6) is 0.830. The molecule has 0 atom stereocenters. The molecular weight excluding hydrogens is 190 g/mol. The van der Waals surface area contributed by atoms with Gasteiger partial charge < -0.3 is 15.2 Å². The minimum absolute atomic E-state index is 0.304. The van der Waals surface area contributed by atoms with Crippen LogP contribution in [0.25, 0.3) is 0 Å². The molecule has 70 valence electrons. The molecule has 1 aromatic rings. The Hall–Kier alpha value is -0.770. The number of nitrogens with two attached hydrogens (primary N) is 1. The molecule has 0 radical (unpaired) electrons. The van der Waals surface area contributed by atoms with Crippen LogP contribution in [0.5, 0.6) is 5.75 Å². The van der Waals surface area contributed by atoms with Crippen molar-refractivity contribution in [1.82, 2.24) is 0 Å². The molecule has 1 aromatic carbocycles. The van der Waals surface area contributed by atoms with E-state index in [1.54, 1.807) is 0 Å². The second-order valence-corrected chi connectivity index (χ2v) is 3.27. The number of halogens is 1. The summed E-state index contributed by atoms with van der Waals surface area (Å²) in [5, 5.41) is 0.676. The topological polar surface area (TPSA) is 44.5 Å². The third-order valence-electron chi connectivity index (χ3n) is 2.00. The van der Waals surface area contributed by atoms with Crippen molar-refractivity contribution in [3.05, 3.63) is 28.3 Å². The molecule has 0 aliphatic carbocycles. The highest BCUT2D eigenvalue weighted by molar-refractivity contribution is 6.31. The van der Waals surface area contributed by atoms with E-state index in [1.165, 1.54) is 0 Å². The first-order valence-electron chi connectivity index (χ1n) is 4.03. The Bertz CT molecular complexity index is 328. The Morgan fingerprint density at radius 2 is 2.31 bits per heavy atom. The zero-order valence-electron chi connectivity index (χ0n) is 7.05. The van der Waals surface area contributed by atoms with Gasteiger partial charge in [-0.15, -0.1) is 0 Å². The summed E-state index contributed by atoms with van der Waals surface area (Å²) in [6, 6.07) is 3.72. The first kappa shape index (κ1) is 8.81. The molecule has 0 amide bonds. The van der Waals surface area contributed by atoms with Crippen LogP contribution in [0.4, 0.5) is 0 Å². The SMILES string of the molecule is NCc1cc2c(cc1Cl)COCO2. The monoisotopic (exact) mass is 199 g/mol. The van der Waals surface area contributed by atoms with Gasteiger partial charge in [-0.3, -0.25) is 0 Å². The lowest BCUT2D eigenvalue weighted by molar-refractivity contribution is -0.0164. The summed E-state index contributed by atoms with van der Waals surface area (Å²) in [6.07, 6.45) is 0. The summed E-state index contributed by atoms with van der Waals surface area (Å²) >= 11 is 5.97. The number of hydrogen-bond donors (Lipinski definition) is 1. The molecule has 1 heterocycles. The third-order valence-corrected chi connectivity index (χ3v) is 2.36. The van der Waals surface area contributed by atoms with E-state index in [0.29, 0.717) is 25.0 Å². The molecule has 0 bridgehead atoms. The van der Waals surface area contributed by atoms with Gasteiger partial charge in [-0.1, -0.05) is 11.6 Å². The predicted molar refractivity (Wildman–Crippen MR) is 49.6 cm³/mol. The van der Waals surface area contributed by atoms with E-state index in [9.17, 15) is 0 Å². The molecule has 13 heavy (non-hydrogen) atoms. The Morgan fingerprint density at radius 1 is 1.46 bits per heavy atom. The van der Waals surface area contributed by atoms with Crippen LogP contribution in [0.1, 0.15) is 11.1 Å². The Morgan fingerprint density at radius 3 is 3.08 bits per heavy atom. The van der Waals surface area contributed by atoms with Crippen LogP contribution in [0.2, 0.25) is 5.02 Å². The average molecular weight is 200 g/mol. The van der Waals surface area contributed by atoms with Gasteiger partial charge >= 0.3 is 0 Å². The highest BCUT2D eigenvalue weighted by atomic mass is 35.5. The summed E-state index contributed by atoms with van der Waals surface area (Å²) in [6.45, 7) is 1.29. The maximum atomic E-state index is 5.97. The lowest BCUT2D eigenvalue weighted by Gasteiger charge is -2.18. The molecule has 2 rings (SSSR count). The predicted octanol–water partition coefficient (Wildman–Crippen LogP) is 1.67. The van der Waals surface area contributed by atoms with Crippen LogP contribution >= 0.6 is 11.6 Å². The van der Waals surface area contributed by atoms with Crippen LogP contribution in [0.3, 0.4) is 0 Å². The summed E-state index contributed by atoms with van der Waals surface area (Å²) in [7, 11) is 0. The minimum atomic E-state index is 0.304. The quantitative estimate of drug-likeness (QED) is 0.748. The summed E-state index contributed by atoms with van der Waals surface area (Å²) in [4.78, 5) is 0. The fourth-order valence-corrected chi connectivity index (χ4v) is 1.56. The minimum Gasteiger partial charge on any atom is -0.467 e. The zero-order chi connectivity index (χ0) is 9.26. The van der Waals surface area contributed by atoms with E-state index in [2.05, 4.69) is 0 Å². The maximum Gasteiger partial charge on any atom is 0.189 e. The van der Waals surface area contributed by atoms with Gasteiger partial charge in [-0.25, -0.2) is 0 Å². The Kier molecular flexibility index (Phi) is 2.40. The van der Waals surface area contributed by atoms with Crippen molar-refractivity contribution < 1.29 is 9.47 Å². The summed E-state index contributed by atoms with van der Waals surface area (Å²) < 4.78 is 10.4. The molecule has 0 saturated carbocycles. The van der Waals surface area contributed by atoms with Crippen molar-refractivity contribution in [2.75, 3.05) is 6.79 Å². The van der Waals surface area contributed by atoms with Gasteiger partial charge in [0.25, 0.3) is 0 Å². The third kappa shape index (κ3) is 1.63. The molecule has 1 aliphatic rings. The normalized spacial score (nSPS) is 14.9. The van der Waals surface area contributed by atoms with E-state index in [4.69, 9.17) is 26.8 Å². The number of fused-ring (bicyclic) bond motifs is 1. The van der Waals surface area contributed by atoms with Crippen LogP contribution in [-0.2, 0) is 17.9 Å². The molecule has 1 aliphatic heterocycles. The molecular formula is C9H10ClNO2. The van der Waals surface area contributed by atoms with Crippen LogP contribution in [0, 0.1) is 0 Å². The molecule has 0 fully saturated rings. The highest BCUT2D eigenvalue weighted by Crippen LogP contribution is 2.29. The fraction of sp³-hybridized carbons (Fsp3) is 0.333. The van der Waals surface area contributed by atoms with Crippen molar-refractivity contribution in [2.45, 2.75) is 13.2 Å². The lowest BCUT2D eigenvalue weighted by atomic mass is 10.1. The van der Waals surface area contributed by atoms with E-state index in [-0.39, 0.29) is 0 Å². The van der Waals surface area contributed by atoms with Crippen molar-refractivity contribution >= 4 is 11.6 Å². The zero-order valence-corrected chi connectivity index (χ0v) is 7.80. The molecule has 4 heteroatoms. The molecule has 3 nitrogen and oxygen atoms in total. The summed E-state index contributed by atoms with van der Waals surface area (Å²) in [5.41, 5.74) is 7.40. The van der Waals surface area contributed by atoms with Crippen molar-refractivity contribution in [3.63, 3.8) is 0 Å². The van der Waals surface area contributed by atoms with E-state index >= 15 is 0 Å². The van der Waals surface area contributed by atoms with Gasteiger partial charge in [-0.2, -0.15) is 0 Å². The standard InChI is InChI=1S/C9H10ClNO2/c10-8-1-7-4-12-5-13-9(7)2-6(8)3-11/h1-2H,3-5,11H2. The largest absolute Gasteiger partial charge is 0.467 e. The van der Waals surface area contributed by atoms with Gasteiger partial charge in [0, 0.05) is 17.1 Å². The van der Waals surface area contributed by atoms with Crippen molar-refractivity contribution in [1.29, 1.82) is 0 Å². The average Bonchev–Trinajstić information content (AvgIpc) is 2.17. The van der Waals surface area contributed by atoms with Gasteiger partial charge in [0.1, 0.15) is 5.75 Å². The number of hydrogen-bond acceptors (Lipinski definition) is 3. The van der Waals surface area contributed by atoms with Crippen LogP contribution in [-0.4, -0.2) is 6.79 Å². The van der Waals surface area contributed by atoms with Crippen LogP contribution < -0.4 is 10.5 Å². The maximum absolute atomic E-state index is 5.97. The van der Waals surface area contributed by atoms with Crippen LogP contribution in [0.15, 0.2) is 12.1 Å². The number of rotatable bonds is 1. The van der Waals surface area contributed by atoms with Crippen molar-refractivity contribution in [3.8, 4) is 5.75 Å². The first-order valence-corrected chi connectivity index (χ1v) is 4.41. The van der Waals surface area contributed by atoms with Gasteiger partial charge in [0.05, 0.1) is 6.61 Å². The van der Waals surface area contributed by atoms with Gasteiger partial charge in [-0.05, 0) is 17.7 Å². The Balaban J connectivity index is 2.44. The van der Waals surface area contributed by atoms with E-state index < -0.39 is 0 Å². The second-order valence-electron chi connectivity index (χ2n) is 2.87. The molecule has 0 spiro atoms. The number of benzene rings is 1. The molecule has 0 saturated heterocycles. The Labute approximate surface area is 81.4 Å².